The highest BCUT2D eigenvalue weighted by Crippen LogP contribution is 2.31. The molecule has 1 saturated heterocycles. The van der Waals surface area contributed by atoms with Crippen molar-refractivity contribution in [2.45, 2.75) is 12.8 Å². The first-order valence-corrected chi connectivity index (χ1v) is 10.9. The topological polar surface area (TPSA) is 95.6 Å². The van der Waals surface area contributed by atoms with Gasteiger partial charge in [0.25, 0.3) is 0 Å². The minimum atomic E-state index is 0.677. The molecule has 0 radical (unpaired) electrons. The number of H-pyrrole nitrogens is 2. The molecule has 0 unspecified atom stereocenters. The molecule has 1 aromatic carbocycles. The van der Waals surface area contributed by atoms with E-state index in [2.05, 4.69) is 47.2 Å². The molecule has 5 heterocycles. The third kappa shape index (κ3) is 3.58. The normalized spacial score (nSPS) is 14.5. The molecule has 4 aromatic heterocycles. The van der Waals surface area contributed by atoms with Gasteiger partial charge in [0.05, 0.1) is 11.7 Å². The number of likely N-dealkylation sites (tertiary alicyclic amines) is 1. The molecule has 1 aliphatic heterocycles. The van der Waals surface area contributed by atoms with Crippen molar-refractivity contribution < 1.29 is 4.74 Å². The molecule has 8 nitrogen and oxygen atoms in total. The molecule has 1 fully saturated rings. The maximum absolute atomic E-state index is 5.98. The van der Waals surface area contributed by atoms with Crippen molar-refractivity contribution in [3.8, 4) is 28.4 Å². The SMILES string of the molecule is c1cnc2[nH]c(-c3n[nH]c4ccc(-c5cncc(OCCN6CCCC6)c5)cc34)nc2c1. The van der Waals surface area contributed by atoms with E-state index in [1.807, 2.05) is 30.5 Å². The van der Waals surface area contributed by atoms with Gasteiger partial charge in [0.2, 0.25) is 0 Å². The third-order valence-electron chi connectivity index (χ3n) is 5.96. The first-order valence-electron chi connectivity index (χ1n) is 10.9. The van der Waals surface area contributed by atoms with Crippen LogP contribution < -0.4 is 4.74 Å². The van der Waals surface area contributed by atoms with Crippen LogP contribution in [0.2, 0.25) is 0 Å². The van der Waals surface area contributed by atoms with E-state index in [-0.39, 0.29) is 0 Å². The summed E-state index contributed by atoms with van der Waals surface area (Å²) in [4.78, 5) is 19.1. The average Bonchev–Trinajstić information content (AvgIpc) is 3.58. The summed E-state index contributed by atoms with van der Waals surface area (Å²) in [6.07, 6.45) is 7.97. The number of hydrogen-bond donors (Lipinski definition) is 2. The quantitative estimate of drug-likeness (QED) is 0.426. The van der Waals surface area contributed by atoms with Crippen molar-refractivity contribution in [1.82, 2.24) is 35.0 Å². The fourth-order valence-electron chi connectivity index (χ4n) is 4.28. The molecular weight excluding hydrogens is 402 g/mol. The highest BCUT2D eigenvalue weighted by atomic mass is 16.5. The molecule has 0 bridgehead atoms. The summed E-state index contributed by atoms with van der Waals surface area (Å²) >= 11 is 0. The van der Waals surface area contributed by atoms with Crippen molar-refractivity contribution in [1.29, 1.82) is 0 Å². The van der Waals surface area contributed by atoms with Gasteiger partial charge in [-0.3, -0.25) is 15.0 Å². The molecule has 32 heavy (non-hydrogen) atoms. The van der Waals surface area contributed by atoms with E-state index < -0.39 is 0 Å². The van der Waals surface area contributed by atoms with Gasteiger partial charge in [-0.05, 0) is 61.8 Å². The number of imidazole rings is 1. The second kappa shape index (κ2) is 8.05. The van der Waals surface area contributed by atoms with Gasteiger partial charge in [-0.15, -0.1) is 0 Å². The smallest absolute Gasteiger partial charge is 0.160 e. The van der Waals surface area contributed by atoms with Crippen LogP contribution >= 0.6 is 0 Å². The van der Waals surface area contributed by atoms with Crippen molar-refractivity contribution in [2.24, 2.45) is 0 Å². The van der Waals surface area contributed by atoms with Crippen LogP contribution in [0.3, 0.4) is 0 Å². The zero-order valence-electron chi connectivity index (χ0n) is 17.6. The third-order valence-corrected chi connectivity index (χ3v) is 5.96. The van der Waals surface area contributed by atoms with Gasteiger partial charge in [-0.25, -0.2) is 9.97 Å². The predicted octanol–water partition coefficient (Wildman–Crippen LogP) is 4.04. The van der Waals surface area contributed by atoms with Crippen LogP contribution in [-0.4, -0.2) is 61.3 Å². The largest absolute Gasteiger partial charge is 0.491 e. The van der Waals surface area contributed by atoms with Gasteiger partial charge >= 0.3 is 0 Å². The second-order valence-corrected chi connectivity index (χ2v) is 8.10. The summed E-state index contributed by atoms with van der Waals surface area (Å²) in [5, 5.41) is 8.59. The number of hydrogen-bond acceptors (Lipinski definition) is 6. The Morgan fingerprint density at radius 1 is 1.03 bits per heavy atom. The molecule has 0 aliphatic carbocycles. The Kier molecular flexibility index (Phi) is 4.77. The summed E-state index contributed by atoms with van der Waals surface area (Å²) in [6.45, 7) is 3.99. The van der Waals surface area contributed by atoms with Crippen LogP contribution in [0.25, 0.3) is 44.7 Å². The van der Waals surface area contributed by atoms with Crippen LogP contribution in [0, 0.1) is 0 Å². The Bertz CT molecular complexity index is 1350. The number of nitrogens with one attached hydrogen (secondary N) is 2. The van der Waals surface area contributed by atoms with E-state index in [1.165, 1.54) is 25.9 Å². The summed E-state index contributed by atoms with van der Waals surface area (Å²) in [5.74, 6) is 1.48. The number of aromatic amines is 2. The van der Waals surface area contributed by atoms with Crippen LogP contribution in [0.1, 0.15) is 12.8 Å². The molecule has 160 valence electrons. The zero-order chi connectivity index (χ0) is 21.3. The van der Waals surface area contributed by atoms with Gasteiger partial charge in [0, 0.05) is 29.9 Å². The first-order chi connectivity index (χ1) is 15.8. The first kappa shape index (κ1) is 18.9. The van der Waals surface area contributed by atoms with E-state index in [1.54, 1.807) is 12.4 Å². The van der Waals surface area contributed by atoms with Gasteiger partial charge in [-0.2, -0.15) is 5.10 Å². The molecule has 1 aliphatic rings. The summed E-state index contributed by atoms with van der Waals surface area (Å²) < 4.78 is 5.98. The average molecular weight is 425 g/mol. The molecule has 2 N–H and O–H groups in total. The Hall–Kier alpha value is -3.78. The second-order valence-electron chi connectivity index (χ2n) is 8.10. The number of ether oxygens (including phenoxy) is 1. The molecule has 0 atom stereocenters. The fraction of sp³-hybridized carbons (Fsp3) is 0.250. The van der Waals surface area contributed by atoms with Crippen molar-refractivity contribution in [3.05, 3.63) is 55.0 Å². The Balaban J connectivity index is 1.28. The molecule has 0 amide bonds. The predicted molar refractivity (Wildman–Crippen MR) is 123 cm³/mol. The minimum absolute atomic E-state index is 0.677. The molecular formula is C24H23N7O. The van der Waals surface area contributed by atoms with E-state index in [9.17, 15) is 0 Å². The van der Waals surface area contributed by atoms with E-state index >= 15 is 0 Å². The number of fused-ring (bicyclic) bond motifs is 2. The maximum atomic E-state index is 5.98. The molecule has 6 rings (SSSR count). The lowest BCUT2D eigenvalue weighted by atomic mass is 10.0. The Labute approximate surface area is 184 Å². The van der Waals surface area contributed by atoms with E-state index in [4.69, 9.17) is 4.74 Å². The lowest BCUT2D eigenvalue weighted by Gasteiger charge is -2.15. The summed E-state index contributed by atoms with van der Waals surface area (Å²) in [6, 6.07) is 12.1. The van der Waals surface area contributed by atoms with Crippen LogP contribution in [-0.2, 0) is 0 Å². The molecule has 5 aromatic rings. The molecule has 8 heteroatoms. The lowest BCUT2D eigenvalue weighted by molar-refractivity contribution is 0.237. The van der Waals surface area contributed by atoms with Gasteiger partial charge < -0.3 is 9.72 Å². The van der Waals surface area contributed by atoms with E-state index in [0.29, 0.717) is 12.4 Å². The summed E-state index contributed by atoms with van der Waals surface area (Å²) in [5.41, 5.74) is 5.33. The lowest BCUT2D eigenvalue weighted by Crippen LogP contribution is -2.25. The number of rotatable bonds is 6. The molecule has 0 saturated carbocycles. The number of pyridine rings is 2. The van der Waals surface area contributed by atoms with E-state index in [0.717, 1.165) is 51.2 Å². The zero-order valence-corrected chi connectivity index (χ0v) is 17.6. The van der Waals surface area contributed by atoms with Crippen molar-refractivity contribution in [3.63, 3.8) is 0 Å². The van der Waals surface area contributed by atoms with Gasteiger partial charge in [0.15, 0.2) is 11.5 Å². The Morgan fingerprint density at radius 2 is 1.97 bits per heavy atom. The van der Waals surface area contributed by atoms with Crippen LogP contribution in [0.5, 0.6) is 5.75 Å². The number of nitrogens with zero attached hydrogens (tertiary/aromatic N) is 5. The van der Waals surface area contributed by atoms with Crippen LogP contribution in [0.4, 0.5) is 0 Å². The molecule has 0 spiro atoms. The van der Waals surface area contributed by atoms with Gasteiger partial charge in [0.1, 0.15) is 23.6 Å². The summed E-state index contributed by atoms with van der Waals surface area (Å²) in [7, 11) is 0. The Morgan fingerprint density at radius 3 is 2.88 bits per heavy atom. The number of benzene rings is 1. The van der Waals surface area contributed by atoms with Crippen molar-refractivity contribution >= 4 is 22.1 Å². The number of aromatic nitrogens is 6. The van der Waals surface area contributed by atoms with Crippen LogP contribution in [0.15, 0.2) is 55.0 Å². The highest BCUT2D eigenvalue weighted by molar-refractivity contribution is 5.95. The highest BCUT2D eigenvalue weighted by Gasteiger charge is 2.14. The maximum Gasteiger partial charge on any atom is 0.160 e. The standard InChI is InChI=1S/C24H23N7O/c1-2-9-31(8-1)10-11-32-18-12-17(14-25-15-18)16-5-6-20-19(13-16)22(30-29-20)24-27-21-4-3-7-26-23(21)28-24/h3-7,12-15H,1-2,8-11H2,(H,29,30)(H,26,27,28). The fourth-order valence-corrected chi connectivity index (χ4v) is 4.28. The van der Waals surface area contributed by atoms with Gasteiger partial charge in [-0.1, -0.05) is 6.07 Å². The monoisotopic (exact) mass is 425 g/mol. The minimum Gasteiger partial charge on any atom is -0.491 e. The van der Waals surface area contributed by atoms with Crippen molar-refractivity contribution in [2.75, 3.05) is 26.2 Å².